The van der Waals surface area contributed by atoms with Crippen molar-refractivity contribution in [3.63, 3.8) is 0 Å². The number of hydrogen-bond acceptors (Lipinski definition) is 3. The minimum atomic E-state index is 0.0887. The SMILES string of the molecule is N#C/C(=C/Nc1ccc2ccccc2c1)C(N)=S. The summed E-state index contributed by atoms with van der Waals surface area (Å²) in [7, 11) is 0. The maximum atomic E-state index is 8.82. The van der Waals surface area contributed by atoms with E-state index in [1.54, 1.807) is 0 Å². The zero-order valence-electron chi connectivity index (χ0n) is 9.55. The molecule has 2 aromatic rings. The van der Waals surface area contributed by atoms with Gasteiger partial charge in [-0.05, 0) is 22.9 Å². The number of hydrogen-bond donors (Lipinski definition) is 2. The monoisotopic (exact) mass is 253 g/mol. The molecule has 0 heterocycles. The van der Waals surface area contributed by atoms with Crippen molar-refractivity contribution in [2.45, 2.75) is 0 Å². The van der Waals surface area contributed by atoms with Crippen molar-refractivity contribution in [3.8, 4) is 6.07 Å². The van der Waals surface area contributed by atoms with Crippen molar-refractivity contribution in [2.75, 3.05) is 5.32 Å². The van der Waals surface area contributed by atoms with Crippen LogP contribution in [0.5, 0.6) is 0 Å². The Morgan fingerprint density at radius 3 is 2.61 bits per heavy atom. The molecule has 0 spiro atoms. The van der Waals surface area contributed by atoms with Gasteiger partial charge in [-0.2, -0.15) is 5.26 Å². The minimum absolute atomic E-state index is 0.0887. The Kier molecular flexibility index (Phi) is 3.56. The number of nitrogens with zero attached hydrogens (tertiary/aromatic N) is 1. The van der Waals surface area contributed by atoms with Crippen LogP contribution < -0.4 is 11.1 Å². The van der Waals surface area contributed by atoms with Gasteiger partial charge in [-0.15, -0.1) is 0 Å². The van der Waals surface area contributed by atoms with Crippen LogP contribution >= 0.6 is 12.2 Å². The number of nitrogens with two attached hydrogens (primary N) is 1. The Hall–Kier alpha value is -2.38. The second kappa shape index (κ2) is 5.30. The van der Waals surface area contributed by atoms with Gasteiger partial charge in [0.15, 0.2) is 0 Å². The lowest BCUT2D eigenvalue weighted by Gasteiger charge is -2.04. The topological polar surface area (TPSA) is 61.8 Å². The van der Waals surface area contributed by atoms with Gasteiger partial charge in [0.25, 0.3) is 0 Å². The first-order valence-electron chi connectivity index (χ1n) is 5.36. The van der Waals surface area contributed by atoms with Gasteiger partial charge in [0.2, 0.25) is 0 Å². The molecule has 0 unspecified atom stereocenters. The third kappa shape index (κ3) is 2.65. The maximum absolute atomic E-state index is 8.82. The Morgan fingerprint density at radius 2 is 1.94 bits per heavy atom. The van der Waals surface area contributed by atoms with Crippen LogP contribution in [-0.4, -0.2) is 4.99 Å². The largest absolute Gasteiger partial charge is 0.389 e. The van der Waals surface area contributed by atoms with E-state index in [1.807, 2.05) is 48.5 Å². The van der Waals surface area contributed by atoms with Crippen molar-refractivity contribution in [1.82, 2.24) is 0 Å². The fourth-order valence-corrected chi connectivity index (χ4v) is 1.70. The highest BCUT2D eigenvalue weighted by Gasteiger charge is 1.99. The highest BCUT2D eigenvalue weighted by atomic mass is 32.1. The van der Waals surface area contributed by atoms with Gasteiger partial charge in [-0.3, -0.25) is 0 Å². The van der Waals surface area contributed by atoms with E-state index < -0.39 is 0 Å². The van der Waals surface area contributed by atoms with Crippen molar-refractivity contribution in [3.05, 3.63) is 54.2 Å². The molecule has 3 N–H and O–H groups in total. The highest BCUT2D eigenvalue weighted by molar-refractivity contribution is 7.80. The molecule has 0 fully saturated rings. The smallest absolute Gasteiger partial charge is 0.116 e. The Labute approximate surface area is 111 Å². The molecule has 2 rings (SSSR count). The summed E-state index contributed by atoms with van der Waals surface area (Å²) < 4.78 is 0. The molecule has 0 bridgehead atoms. The quantitative estimate of drug-likeness (QED) is 0.501. The van der Waals surface area contributed by atoms with Crippen LogP contribution in [0.1, 0.15) is 0 Å². The van der Waals surface area contributed by atoms with Crippen molar-refractivity contribution in [1.29, 1.82) is 5.26 Å². The molecule has 18 heavy (non-hydrogen) atoms. The van der Waals surface area contributed by atoms with Gasteiger partial charge < -0.3 is 11.1 Å². The molecule has 0 aliphatic rings. The molecule has 0 saturated carbocycles. The molecule has 0 aromatic heterocycles. The molecule has 0 radical (unpaired) electrons. The number of nitrogens with one attached hydrogen (secondary N) is 1. The number of nitriles is 1. The summed E-state index contributed by atoms with van der Waals surface area (Å²) in [5.41, 5.74) is 6.55. The number of benzene rings is 2. The van der Waals surface area contributed by atoms with Crippen LogP contribution in [0.3, 0.4) is 0 Å². The molecule has 2 aromatic carbocycles. The van der Waals surface area contributed by atoms with Crippen LogP contribution in [0.25, 0.3) is 10.8 Å². The van der Waals surface area contributed by atoms with E-state index in [2.05, 4.69) is 5.32 Å². The third-order valence-corrected chi connectivity index (χ3v) is 2.74. The van der Waals surface area contributed by atoms with E-state index in [9.17, 15) is 0 Å². The summed E-state index contributed by atoms with van der Waals surface area (Å²) in [4.78, 5) is 0.0887. The normalized spacial score (nSPS) is 10.9. The van der Waals surface area contributed by atoms with Gasteiger partial charge in [-0.1, -0.05) is 42.5 Å². The number of fused-ring (bicyclic) bond motifs is 1. The van der Waals surface area contributed by atoms with Crippen LogP contribution in [0.2, 0.25) is 0 Å². The average Bonchev–Trinajstić information content (AvgIpc) is 2.39. The second-order valence-corrected chi connectivity index (χ2v) is 4.18. The summed E-state index contributed by atoms with van der Waals surface area (Å²) in [6, 6.07) is 15.9. The lowest BCUT2D eigenvalue weighted by molar-refractivity contribution is 1.49. The highest BCUT2D eigenvalue weighted by Crippen LogP contribution is 2.18. The van der Waals surface area contributed by atoms with Crippen molar-refractivity contribution >= 4 is 33.7 Å². The predicted octanol–water partition coefficient (Wildman–Crippen LogP) is 2.95. The molecule has 3 nitrogen and oxygen atoms in total. The summed E-state index contributed by atoms with van der Waals surface area (Å²) in [5, 5.41) is 14.1. The minimum Gasteiger partial charge on any atom is -0.389 e. The van der Waals surface area contributed by atoms with Crippen LogP contribution in [0.15, 0.2) is 54.2 Å². The molecule has 0 saturated heterocycles. The van der Waals surface area contributed by atoms with Gasteiger partial charge >= 0.3 is 0 Å². The Balaban J connectivity index is 2.28. The van der Waals surface area contributed by atoms with E-state index in [0.717, 1.165) is 11.1 Å². The third-order valence-electron chi connectivity index (χ3n) is 2.52. The second-order valence-electron chi connectivity index (χ2n) is 3.74. The van der Waals surface area contributed by atoms with Crippen LogP contribution in [0.4, 0.5) is 5.69 Å². The molecule has 0 aliphatic carbocycles. The fourth-order valence-electron chi connectivity index (χ4n) is 1.59. The molecular weight excluding hydrogens is 242 g/mol. The van der Waals surface area contributed by atoms with Gasteiger partial charge in [0, 0.05) is 11.9 Å². The first kappa shape index (κ1) is 12.1. The van der Waals surface area contributed by atoms with Crippen molar-refractivity contribution < 1.29 is 0 Å². The fraction of sp³-hybridized carbons (Fsp3) is 0. The standard InChI is InChI=1S/C14H11N3S/c15-8-12(14(16)18)9-17-13-6-5-10-3-1-2-4-11(10)7-13/h1-7,9,17H,(H2,16,18)/b12-9-. The molecule has 0 amide bonds. The predicted molar refractivity (Wildman–Crippen MR) is 78.1 cm³/mol. The molecular formula is C14H11N3S. The zero-order chi connectivity index (χ0) is 13.0. The molecule has 88 valence electrons. The van der Waals surface area contributed by atoms with Crippen LogP contribution in [0, 0.1) is 11.3 Å². The number of anilines is 1. The molecule has 0 atom stereocenters. The average molecular weight is 253 g/mol. The molecule has 4 heteroatoms. The maximum Gasteiger partial charge on any atom is 0.116 e. The lowest BCUT2D eigenvalue weighted by atomic mass is 10.1. The number of thiocarbonyl (C=S) groups is 1. The number of rotatable bonds is 3. The van der Waals surface area contributed by atoms with Gasteiger partial charge in [-0.25, -0.2) is 0 Å². The van der Waals surface area contributed by atoms with E-state index >= 15 is 0 Å². The van der Waals surface area contributed by atoms with Gasteiger partial charge in [0.1, 0.15) is 16.6 Å². The first-order chi connectivity index (χ1) is 8.70. The summed E-state index contributed by atoms with van der Waals surface area (Å²) >= 11 is 4.76. The van der Waals surface area contributed by atoms with E-state index in [0.29, 0.717) is 0 Å². The van der Waals surface area contributed by atoms with Gasteiger partial charge in [0.05, 0.1) is 0 Å². The van der Waals surface area contributed by atoms with E-state index in [-0.39, 0.29) is 10.6 Å². The summed E-state index contributed by atoms with van der Waals surface area (Å²) in [6.45, 7) is 0. The van der Waals surface area contributed by atoms with E-state index in [4.69, 9.17) is 23.2 Å². The van der Waals surface area contributed by atoms with E-state index in [1.165, 1.54) is 11.6 Å². The molecule has 0 aliphatic heterocycles. The summed E-state index contributed by atoms with van der Waals surface area (Å²) in [5.74, 6) is 0. The Morgan fingerprint density at radius 1 is 1.22 bits per heavy atom. The zero-order valence-corrected chi connectivity index (χ0v) is 10.4. The lowest BCUT2D eigenvalue weighted by Crippen LogP contribution is -2.11. The summed E-state index contributed by atoms with van der Waals surface area (Å²) in [6.07, 6.45) is 1.52. The van der Waals surface area contributed by atoms with Crippen molar-refractivity contribution in [2.24, 2.45) is 5.73 Å². The first-order valence-corrected chi connectivity index (χ1v) is 5.77. The van der Waals surface area contributed by atoms with Crippen LogP contribution in [-0.2, 0) is 0 Å². The Bertz CT molecular complexity index is 668.